The van der Waals surface area contributed by atoms with Crippen LogP contribution >= 0.6 is 27.3 Å². The van der Waals surface area contributed by atoms with E-state index in [1.54, 1.807) is 30.4 Å². The van der Waals surface area contributed by atoms with Crippen LogP contribution in [-0.2, 0) is 6.42 Å². The maximum Gasteiger partial charge on any atom is 0.274 e. The minimum absolute atomic E-state index is 0.169. The van der Waals surface area contributed by atoms with E-state index in [1.165, 1.54) is 10.4 Å². The summed E-state index contributed by atoms with van der Waals surface area (Å²) in [5.41, 5.74) is 2.99. The van der Waals surface area contributed by atoms with Crippen molar-refractivity contribution in [3.63, 3.8) is 0 Å². The third-order valence-electron chi connectivity index (χ3n) is 3.83. The number of nitrogens with one attached hydrogen (secondary N) is 1. The van der Waals surface area contributed by atoms with E-state index in [-0.39, 0.29) is 16.7 Å². The average molecular weight is 367 g/mol. The van der Waals surface area contributed by atoms with Crippen molar-refractivity contribution < 1.29 is 4.92 Å². The zero-order chi connectivity index (χ0) is 15.0. The summed E-state index contributed by atoms with van der Waals surface area (Å²) in [7, 11) is 0. The Morgan fingerprint density at radius 2 is 2.24 bits per heavy atom. The summed E-state index contributed by atoms with van der Waals surface area (Å²) < 4.78 is 1.15. The normalized spacial score (nSPS) is 17.3. The molecule has 1 N–H and O–H groups in total. The quantitative estimate of drug-likeness (QED) is 0.598. The number of benzene rings is 1. The Labute approximate surface area is 135 Å². The number of fused-ring (bicyclic) bond motifs is 1. The zero-order valence-corrected chi connectivity index (χ0v) is 14.0. The number of hydrogen-bond donors (Lipinski definition) is 1. The summed E-state index contributed by atoms with van der Waals surface area (Å²) in [5, 5.41) is 14.5. The largest absolute Gasteiger partial charge is 0.378 e. The molecule has 1 atom stereocenters. The Balaban J connectivity index is 1.88. The zero-order valence-electron chi connectivity index (χ0n) is 11.6. The maximum absolute atomic E-state index is 11.0. The van der Waals surface area contributed by atoms with Gasteiger partial charge in [0.2, 0.25) is 0 Å². The fourth-order valence-corrected chi connectivity index (χ4v) is 4.59. The predicted octanol–water partition coefficient (Wildman–Crippen LogP) is 5.22. The van der Waals surface area contributed by atoms with Gasteiger partial charge in [0.25, 0.3) is 5.69 Å². The van der Waals surface area contributed by atoms with Crippen molar-refractivity contribution in [3.8, 4) is 0 Å². The summed E-state index contributed by atoms with van der Waals surface area (Å²) in [4.78, 5) is 12.1. The van der Waals surface area contributed by atoms with E-state index in [2.05, 4.69) is 27.3 Å². The molecule has 2 aromatic rings. The van der Waals surface area contributed by atoms with Gasteiger partial charge in [0.05, 0.1) is 14.8 Å². The van der Waals surface area contributed by atoms with E-state index in [4.69, 9.17) is 0 Å². The Kier molecular flexibility index (Phi) is 3.99. The molecule has 0 radical (unpaired) electrons. The lowest BCUT2D eigenvalue weighted by molar-refractivity contribution is -0.385. The lowest BCUT2D eigenvalue weighted by atomic mass is 9.94. The minimum atomic E-state index is -0.325. The summed E-state index contributed by atoms with van der Waals surface area (Å²) >= 11 is 5.33. The van der Waals surface area contributed by atoms with Crippen molar-refractivity contribution in [1.29, 1.82) is 0 Å². The van der Waals surface area contributed by atoms with Crippen LogP contribution in [0.1, 0.15) is 34.9 Å². The molecule has 0 spiro atoms. The van der Waals surface area contributed by atoms with Gasteiger partial charge in [-0.3, -0.25) is 10.1 Å². The number of rotatable bonds is 3. The Hall–Kier alpha value is -1.40. The first-order valence-corrected chi connectivity index (χ1v) is 8.45. The van der Waals surface area contributed by atoms with Gasteiger partial charge >= 0.3 is 0 Å². The van der Waals surface area contributed by atoms with E-state index < -0.39 is 0 Å². The molecule has 1 aromatic heterocycles. The number of nitro benzene ring substituents is 1. The van der Waals surface area contributed by atoms with Crippen molar-refractivity contribution in [2.75, 3.05) is 5.32 Å². The van der Waals surface area contributed by atoms with Gasteiger partial charge in [-0.15, -0.1) is 11.3 Å². The van der Waals surface area contributed by atoms with Crippen molar-refractivity contribution in [2.24, 2.45) is 0 Å². The minimum Gasteiger partial charge on any atom is -0.378 e. The molecule has 3 rings (SSSR count). The predicted molar refractivity (Wildman–Crippen MR) is 89.2 cm³/mol. The van der Waals surface area contributed by atoms with Crippen LogP contribution in [0, 0.1) is 17.0 Å². The van der Waals surface area contributed by atoms with E-state index in [9.17, 15) is 10.1 Å². The van der Waals surface area contributed by atoms with E-state index in [0.717, 1.165) is 28.7 Å². The van der Waals surface area contributed by atoms with Gasteiger partial charge in [-0.05, 0) is 59.8 Å². The fraction of sp³-hybridized carbons (Fsp3) is 0.333. The first-order chi connectivity index (χ1) is 10.0. The lowest BCUT2D eigenvalue weighted by Gasteiger charge is -2.24. The number of anilines is 1. The standard InChI is InChI=1S/C15H15BrN2O2S/c1-9-5-6-10(7-13(9)18(19)20)17-12-3-2-4-14-11(12)8-15(16)21-14/h5-8,12,17H,2-4H2,1H3. The highest BCUT2D eigenvalue weighted by atomic mass is 79.9. The number of halogens is 1. The second-order valence-electron chi connectivity index (χ2n) is 5.28. The van der Waals surface area contributed by atoms with Crippen LogP contribution in [0.5, 0.6) is 0 Å². The van der Waals surface area contributed by atoms with Crippen LogP contribution in [-0.4, -0.2) is 4.92 Å². The smallest absolute Gasteiger partial charge is 0.274 e. The van der Waals surface area contributed by atoms with Crippen molar-refractivity contribution in [3.05, 3.63) is 54.2 Å². The third kappa shape index (κ3) is 2.96. The molecule has 0 saturated heterocycles. The van der Waals surface area contributed by atoms with Crippen LogP contribution in [0.15, 0.2) is 28.1 Å². The van der Waals surface area contributed by atoms with Crippen LogP contribution in [0.4, 0.5) is 11.4 Å². The SMILES string of the molecule is Cc1ccc(NC2CCCc3sc(Br)cc32)cc1[N+](=O)[O-]. The molecule has 0 saturated carbocycles. The van der Waals surface area contributed by atoms with Crippen LogP contribution in [0.25, 0.3) is 0 Å². The van der Waals surface area contributed by atoms with Gasteiger partial charge in [0.1, 0.15) is 0 Å². The first kappa shape index (κ1) is 14.5. The van der Waals surface area contributed by atoms with Gasteiger partial charge in [0.15, 0.2) is 0 Å². The maximum atomic E-state index is 11.0. The van der Waals surface area contributed by atoms with Crippen molar-refractivity contribution in [1.82, 2.24) is 0 Å². The number of hydrogen-bond acceptors (Lipinski definition) is 4. The van der Waals surface area contributed by atoms with E-state index >= 15 is 0 Å². The number of nitrogens with zero attached hydrogens (tertiary/aromatic N) is 1. The molecule has 0 amide bonds. The molecule has 110 valence electrons. The van der Waals surface area contributed by atoms with E-state index in [1.807, 2.05) is 6.07 Å². The molecule has 0 aliphatic heterocycles. The summed E-state index contributed by atoms with van der Waals surface area (Å²) in [6, 6.07) is 7.74. The van der Waals surface area contributed by atoms with Crippen molar-refractivity contribution >= 4 is 38.6 Å². The molecule has 21 heavy (non-hydrogen) atoms. The number of aryl methyl sites for hydroxylation is 2. The molecule has 0 bridgehead atoms. The van der Waals surface area contributed by atoms with Crippen molar-refractivity contribution in [2.45, 2.75) is 32.2 Å². The number of thiophene rings is 1. The van der Waals surface area contributed by atoms with Crippen LogP contribution < -0.4 is 5.32 Å². The first-order valence-electron chi connectivity index (χ1n) is 6.84. The molecule has 1 aromatic carbocycles. The average Bonchev–Trinajstić information content (AvgIpc) is 2.82. The molecule has 1 unspecified atom stereocenters. The highest BCUT2D eigenvalue weighted by Gasteiger charge is 2.23. The molecular formula is C15H15BrN2O2S. The molecular weight excluding hydrogens is 352 g/mol. The molecule has 1 aliphatic carbocycles. The second kappa shape index (κ2) is 5.77. The second-order valence-corrected chi connectivity index (χ2v) is 7.79. The van der Waals surface area contributed by atoms with Gasteiger partial charge in [-0.2, -0.15) is 0 Å². The summed E-state index contributed by atoms with van der Waals surface area (Å²) in [5.74, 6) is 0. The Morgan fingerprint density at radius 3 is 3.00 bits per heavy atom. The number of nitro groups is 1. The Bertz CT molecular complexity index is 699. The topological polar surface area (TPSA) is 55.2 Å². The molecule has 4 nitrogen and oxygen atoms in total. The summed E-state index contributed by atoms with van der Waals surface area (Å²) in [6.45, 7) is 1.76. The fourth-order valence-electron chi connectivity index (χ4n) is 2.77. The van der Waals surface area contributed by atoms with Gasteiger partial charge in [-0.25, -0.2) is 0 Å². The summed E-state index contributed by atoms with van der Waals surface area (Å²) in [6.07, 6.45) is 3.32. The third-order valence-corrected chi connectivity index (χ3v) is 5.54. The van der Waals surface area contributed by atoms with Crippen LogP contribution in [0.3, 0.4) is 0 Å². The molecule has 1 heterocycles. The molecule has 0 fully saturated rings. The highest BCUT2D eigenvalue weighted by molar-refractivity contribution is 9.11. The molecule has 6 heteroatoms. The van der Waals surface area contributed by atoms with Gasteiger partial charge in [0, 0.05) is 22.2 Å². The monoisotopic (exact) mass is 366 g/mol. The molecule has 1 aliphatic rings. The van der Waals surface area contributed by atoms with Gasteiger partial charge < -0.3 is 5.32 Å². The van der Waals surface area contributed by atoms with Gasteiger partial charge in [-0.1, -0.05) is 6.07 Å². The van der Waals surface area contributed by atoms with Crippen LogP contribution in [0.2, 0.25) is 0 Å². The van der Waals surface area contributed by atoms with E-state index in [0.29, 0.717) is 5.56 Å². The Morgan fingerprint density at radius 1 is 1.43 bits per heavy atom. The highest BCUT2D eigenvalue weighted by Crippen LogP contribution is 2.39. The lowest BCUT2D eigenvalue weighted by Crippen LogP contribution is -2.15.